The van der Waals surface area contributed by atoms with Crippen molar-refractivity contribution >= 4 is 0 Å². The summed E-state index contributed by atoms with van der Waals surface area (Å²) in [6.45, 7) is 6.89. The van der Waals surface area contributed by atoms with Gasteiger partial charge in [0.15, 0.2) is 0 Å². The van der Waals surface area contributed by atoms with E-state index in [0.717, 1.165) is 18.4 Å². The van der Waals surface area contributed by atoms with E-state index < -0.39 is 0 Å². The Hall–Kier alpha value is -0.120. The van der Waals surface area contributed by atoms with E-state index in [1.807, 2.05) is 0 Å². The summed E-state index contributed by atoms with van der Waals surface area (Å²) in [5.74, 6) is 1.71. The molecule has 2 rings (SSSR count). The molecule has 2 fully saturated rings. The van der Waals surface area contributed by atoms with Crippen LogP contribution in [0.1, 0.15) is 32.6 Å². The van der Waals surface area contributed by atoms with E-state index in [4.69, 9.17) is 5.73 Å². The molecule has 100 valence electrons. The standard InChI is InChI=1S/C14H29N3/c1-4-14(11-15,13-5-6-13)17(3)10-12-7-8-16(2)9-12/h12-13H,4-11,15H2,1-3H3. The highest BCUT2D eigenvalue weighted by Crippen LogP contribution is 2.44. The maximum absolute atomic E-state index is 6.11. The molecule has 0 aromatic rings. The lowest BCUT2D eigenvalue weighted by Gasteiger charge is -2.42. The second kappa shape index (κ2) is 5.25. The van der Waals surface area contributed by atoms with Crippen molar-refractivity contribution in [3.63, 3.8) is 0 Å². The van der Waals surface area contributed by atoms with Gasteiger partial charge in [0.1, 0.15) is 0 Å². The summed E-state index contributed by atoms with van der Waals surface area (Å²) in [7, 11) is 4.53. The first-order valence-corrected chi connectivity index (χ1v) is 7.22. The van der Waals surface area contributed by atoms with Crippen LogP contribution in [0.2, 0.25) is 0 Å². The molecule has 1 saturated heterocycles. The second-order valence-electron chi connectivity index (χ2n) is 6.23. The maximum atomic E-state index is 6.11. The molecule has 17 heavy (non-hydrogen) atoms. The van der Waals surface area contributed by atoms with E-state index in [0.29, 0.717) is 5.54 Å². The molecule has 0 radical (unpaired) electrons. The minimum atomic E-state index is 0.293. The largest absolute Gasteiger partial charge is 0.329 e. The lowest BCUT2D eigenvalue weighted by Crippen LogP contribution is -2.55. The summed E-state index contributed by atoms with van der Waals surface area (Å²) in [6, 6.07) is 0. The minimum Gasteiger partial charge on any atom is -0.329 e. The lowest BCUT2D eigenvalue weighted by molar-refractivity contribution is 0.0806. The van der Waals surface area contributed by atoms with E-state index in [9.17, 15) is 0 Å². The lowest BCUT2D eigenvalue weighted by atomic mass is 9.87. The molecule has 1 heterocycles. The van der Waals surface area contributed by atoms with Gasteiger partial charge in [0.2, 0.25) is 0 Å². The molecule has 0 bridgehead atoms. The highest BCUT2D eigenvalue weighted by atomic mass is 15.2. The van der Waals surface area contributed by atoms with Crippen LogP contribution in [0.3, 0.4) is 0 Å². The summed E-state index contributed by atoms with van der Waals surface area (Å²) in [5.41, 5.74) is 6.40. The molecule has 2 unspecified atom stereocenters. The van der Waals surface area contributed by atoms with Crippen molar-refractivity contribution in [2.45, 2.75) is 38.1 Å². The highest BCUT2D eigenvalue weighted by molar-refractivity contribution is 5.02. The van der Waals surface area contributed by atoms with Gasteiger partial charge in [0, 0.05) is 25.2 Å². The number of hydrogen-bond acceptors (Lipinski definition) is 3. The highest BCUT2D eigenvalue weighted by Gasteiger charge is 2.46. The Labute approximate surface area is 106 Å². The van der Waals surface area contributed by atoms with Crippen LogP contribution in [0.5, 0.6) is 0 Å². The first-order chi connectivity index (χ1) is 8.12. The zero-order valence-corrected chi connectivity index (χ0v) is 11.8. The number of rotatable bonds is 6. The normalized spacial score (nSPS) is 29.8. The molecule has 0 aromatic heterocycles. The van der Waals surface area contributed by atoms with Gasteiger partial charge in [-0.2, -0.15) is 0 Å². The van der Waals surface area contributed by atoms with Crippen molar-refractivity contribution in [1.29, 1.82) is 0 Å². The molecule has 2 atom stereocenters. The van der Waals surface area contributed by atoms with Gasteiger partial charge >= 0.3 is 0 Å². The van der Waals surface area contributed by atoms with Crippen LogP contribution in [0.4, 0.5) is 0 Å². The van der Waals surface area contributed by atoms with Gasteiger partial charge in [-0.05, 0) is 58.2 Å². The van der Waals surface area contributed by atoms with Gasteiger partial charge in [-0.25, -0.2) is 0 Å². The van der Waals surface area contributed by atoms with Gasteiger partial charge in [-0.15, -0.1) is 0 Å². The van der Waals surface area contributed by atoms with Gasteiger partial charge in [-0.1, -0.05) is 6.92 Å². The molecule has 3 heteroatoms. The minimum absolute atomic E-state index is 0.293. The van der Waals surface area contributed by atoms with Crippen LogP contribution in [0.25, 0.3) is 0 Å². The van der Waals surface area contributed by atoms with Gasteiger partial charge in [0.05, 0.1) is 0 Å². The first kappa shape index (κ1) is 13.3. The van der Waals surface area contributed by atoms with E-state index in [1.54, 1.807) is 0 Å². The number of likely N-dealkylation sites (tertiary alicyclic amines) is 1. The molecule has 0 aromatic carbocycles. The Bertz CT molecular complexity index is 246. The van der Waals surface area contributed by atoms with Gasteiger partial charge in [-0.3, -0.25) is 4.90 Å². The fourth-order valence-electron chi connectivity index (χ4n) is 3.70. The second-order valence-corrected chi connectivity index (χ2v) is 6.23. The number of likely N-dealkylation sites (N-methyl/N-ethyl adjacent to an activating group) is 1. The van der Waals surface area contributed by atoms with Gasteiger partial charge < -0.3 is 10.6 Å². The van der Waals surface area contributed by atoms with Crippen LogP contribution in [0, 0.1) is 11.8 Å². The zero-order valence-electron chi connectivity index (χ0n) is 11.8. The molecular weight excluding hydrogens is 210 g/mol. The monoisotopic (exact) mass is 239 g/mol. The van der Waals surface area contributed by atoms with Crippen molar-refractivity contribution in [2.75, 3.05) is 40.3 Å². The SMILES string of the molecule is CCC(CN)(C1CC1)N(C)CC1CCN(C)C1. The molecule has 2 N–H and O–H groups in total. The van der Waals surface area contributed by atoms with Crippen molar-refractivity contribution in [3.05, 3.63) is 0 Å². The number of nitrogens with zero attached hydrogens (tertiary/aromatic N) is 2. The Morgan fingerprint density at radius 3 is 2.47 bits per heavy atom. The molecule has 3 nitrogen and oxygen atoms in total. The molecule has 1 saturated carbocycles. The summed E-state index contributed by atoms with van der Waals surface area (Å²) >= 11 is 0. The molecule has 2 aliphatic rings. The van der Waals surface area contributed by atoms with E-state index in [1.165, 1.54) is 45.3 Å². The van der Waals surface area contributed by atoms with Crippen LogP contribution < -0.4 is 5.73 Å². The zero-order chi connectivity index (χ0) is 12.5. The average molecular weight is 239 g/mol. The van der Waals surface area contributed by atoms with Crippen LogP contribution in [-0.4, -0.2) is 55.6 Å². The average Bonchev–Trinajstić information content (AvgIpc) is 3.07. The van der Waals surface area contributed by atoms with Crippen molar-refractivity contribution < 1.29 is 0 Å². The quantitative estimate of drug-likeness (QED) is 0.760. The third-order valence-electron chi connectivity index (χ3n) is 5.08. The Morgan fingerprint density at radius 1 is 1.35 bits per heavy atom. The van der Waals surface area contributed by atoms with E-state index in [-0.39, 0.29) is 0 Å². The van der Waals surface area contributed by atoms with Crippen molar-refractivity contribution in [2.24, 2.45) is 17.6 Å². The maximum Gasteiger partial charge on any atom is 0.0354 e. The van der Waals surface area contributed by atoms with Crippen molar-refractivity contribution in [3.8, 4) is 0 Å². The Kier molecular flexibility index (Phi) is 4.11. The topological polar surface area (TPSA) is 32.5 Å². The fourth-order valence-corrected chi connectivity index (χ4v) is 3.70. The summed E-state index contributed by atoms with van der Waals surface area (Å²) in [6.07, 6.45) is 5.34. The van der Waals surface area contributed by atoms with Crippen LogP contribution in [-0.2, 0) is 0 Å². The smallest absolute Gasteiger partial charge is 0.0354 e. The predicted octanol–water partition coefficient (Wildman–Crippen LogP) is 1.39. The van der Waals surface area contributed by atoms with Crippen LogP contribution >= 0.6 is 0 Å². The molecule has 1 aliphatic carbocycles. The number of nitrogens with two attached hydrogens (primary N) is 1. The number of hydrogen-bond donors (Lipinski definition) is 1. The van der Waals surface area contributed by atoms with Crippen LogP contribution in [0.15, 0.2) is 0 Å². The third kappa shape index (κ3) is 2.67. The molecular formula is C14H29N3. The predicted molar refractivity (Wildman–Crippen MR) is 73.0 cm³/mol. The van der Waals surface area contributed by atoms with Gasteiger partial charge in [0.25, 0.3) is 0 Å². The summed E-state index contributed by atoms with van der Waals surface area (Å²) in [4.78, 5) is 5.04. The third-order valence-corrected chi connectivity index (χ3v) is 5.08. The molecule has 1 aliphatic heterocycles. The molecule has 0 amide bonds. The van der Waals surface area contributed by atoms with E-state index in [2.05, 4.69) is 30.8 Å². The van der Waals surface area contributed by atoms with E-state index >= 15 is 0 Å². The van der Waals surface area contributed by atoms with Crippen molar-refractivity contribution in [1.82, 2.24) is 9.80 Å². The molecule has 0 spiro atoms. The Balaban J connectivity index is 1.94. The summed E-state index contributed by atoms with van der Waals surface area (Å²) < 4.78 is 0. The first-order valence-electron chi connectivity index (χ1n) is 7.22. The Morgan fingerprint density at radius 2 is 2.06 bits per heavy atom. The fraction of sp³-hybridized carbons (Fsp3) is 1.00. The summed E-state index contributed by atoms with van der Waals surface area (Å²) in [5, 5.41) is 0.